The van der Waals surface area contributed by atoms with E-state index in [1.165, 1.54) is 12.1 Å². The molecule has 35 heavy (non-hydrogen) atoms. The first-order valence-electron chi connectivity index (χ1n) is 11.6. The Hall–Kier alpha value is -4.15. The fraction of sp³-hybridized carbons (Fsp3) is 0.214. The molecule has 0 amide bonds. The number of hydrogen-bond donors (Lipinski definition) is 0. The summed E-state index contributed by atoms with van der Waals surface area (Å²) in [6.45, 7) is 4.71. The molecule has 3 aromatic carbocycles. The number of aromatic nitrogens is 1. The van der Waals surface area contributed by atoms with E-state index in [9.17, 15) is 4.39 Å². The number of benzene rings is 3. The van der Waals surface area contributed by atoms with E-state index in [1.807, 2.05) is 60.7 Å². The number of nitrogens with zero attached hydrogens (tertiary/aromatic N) is 4. The molecule has 1 aliphatic heterocycles. The highest BCUT2D eigenvalue weighted by Crippen LogP contribution is 2.25. The molecule has 0 radical (unpaired) electrons. The van der Waals surface area contributed by atoms with Gasteiger partial charge in [-0.15, -0.1) is 0 Å². The third-order valence-electron chi connectivity index (χ3n) is 6.11. The van der Waals surface area contributed by atoms with Crippen LogP contribution < -0.4 is 9.64 Å². The molecule has 1 aromatic heterocycles. The molecule has 0 bridgehead atoms. The Balaban J connectivity index is 1.13. The lowest BCUT2D eigenvalue weighted by Gasteiger charge is -2.35. The van der Waals surface area contributed by atoms with E-state index in [2.05, 4.69) is 21.0 Å². The largest absolute Gasteiger partial charge is 0.489 e. The molecule has 6 nitrogen and oxygen atoms in total. The first kappa shape index (κ1) is 22.6. The summed E-state index contributed by atoms with van der Waals surface area (Å²) in [7, 11) is 0. The van der Waals surface area contributed by atoms with Crippen molar-refractivity contribution < 1.29 is 13.7 Å². The Bertz CT molecular complexity index is 1300. The maximum atomic E-state index is 13.2. The number of halogens is 1. The second-order valence-corrected chi connectivity index (χ2v) is 8.55. The van der Waals surface area contributed by atoms with Crippen LogP contribution in [0.15, 0.2) is 83.4 Å². The number of piperazine rings is 1. The van der Waals surface area contributed by atoms with Crippen molar-refractivity contribution in [2.45, 2.75) is 13.2 Å². The van der Waals surface area contributed by atoms with Crippen LogP contribution in [0.2, 0.25) is 0 Å². The summed E-state index contributed by atoms with van der Waals surface area (Å²) >= 11 is 0. The van der Waals surface area contributed by atoms with Gasteiger partial charge in [0, 0.05) is 50.0 Å². The van der Waals surface area contributed by atoms with E-state index >= 15 is 0 Å². The standard InChI is InChI=1S/C28H25FN4O2/c29-24-6-8-26(9-7-24)33-14-12-32(13-15-33)19-25-17-28(35-31-25)23-4-10-27(11-5-23)34-20-22-3-1-2-21(16-22)18-30/h1-11,16-17H,12-15,19-20H2. The van der Waals surface area contributed by atoms with Crippen molar-refractivity contribution in [1.29, 1.82) is 5.26 Å². The van der Waals surface area contributed by atoms with Crippen molar-refractivity contribution in [3.05, 3.63) is 102 Å². The molecule has 0 N–H and O–H groups in total. The van der Waals surface area contributed by atoms with Crippen molar-refractivity contribution >= 4 is 5.69 Å². The van der Waals surface area contributed by atoms with Gasteiger partial charge in [0.25, 0.3) is 0 Å². The molecule has 4 aromatic rings. The van der Waals surface area contributed by atoms with Crippen LogP contribution in [0.25, 0.3) is 11.3 Å². The minimum Gasteiger partial charge on any atom is -0.489 e. The lowest BCUT2D eigenvalue weighted by atomic mass is 10.1. The minimum absolute atomic E-state index is 0.210. The van der Waals surface area contributed by atoms with Gasteiger partial charge in [-0.05, 0) is 66.2 Å². The van der Waals surface area contributed by atoms with E-state index in [1.54, 1.807) is 6.07 Å². The van der Waals surface area contributed by atoms with E-state index < -0.39 is 0 Å². The summed E-state index contributed by atoms with van der Waals surface area (Å²) in [6, 6.07) is 25.9. The van der Waals surface area contributed by atoms with E-state index in [-0.39, 0.29) is 5.82 Å². The molecule has 0 atom stereocenters. The number of rotatable bonds is 7. The van der Waals surface area contributed by atoms with Crippen LogP contribution in [0.4, 0.5) is 10.1 Å². The van der Waals surface area contributed by atoms with E-state index in [0.717, 1.165) is 66.7 Å². The molecule has 1 fully saturated rings. The third-order valence-corrected chi connectivity index (χ3v) is 6.11. The zero-order valence-electron chi connectivity index (χ0n) is 19.2. The Morgan fingerprint density at radius 3 is 2.46 bits per heavy atom. The Labute approximate surface area is 203 Å². The minimum atomic E-state index is -0.210. The highest BCUT2D eigenvalue weighted by molar-refractivity contribution is 5.58. The summed E-state index contributed by atoms with van der Waals surface area (Å²) < 4.78 is 24.6. The van der Waals surface area contributed by atoms with Gasteiger partial charge in [-0.2, -0.15) is 5.26 Å². The molecule has 7 heteroatoms. The maximum absolute atomic E-state index is 13.2. The topological polar surface area (TPSA) is 65.5 Å². The Morgan fingerprint density at radius 2 is 1.71 bits per heavy atom. The number of anilines is 1. The van der Waals surface area contributed by atoms with Gasteiger partial charge in [0.05, 0.1) is 17.3 Å². The molecule has 5 rings (SSSR count). The van der Waals surface area contributed by atoms with Crippen molar-refractivity contribution in [3.63, 3.8) is 0 Å². The second-order valence-electron chi connectivity index (χ2n) is 8.55. The molecule has 2 heterocycles. The summed E-state index contributed by atoms with van der Waals surface area (Å²) in [5.74, 6) is 1.26. The zero-order chi connectivity index (χ0) is 24.0. The first-order valence-corrected chi connectivity index (χ1v) is 11.6. The number of nitriles is 1. The number of hydrogen-bond acceptors (Lipinski definition) is 6. The van der Waals surface area contributed by atoms with Crippen LogP contribution in [-0.2, 0) is 13.2 Å². The fourth-order valence-electron chi connectivity index (χ4n) is 4.18. The predicted octanol–water partition coefficient (Wildman–Crippen LogP) is 5.25. The zero-order valence-corrected chi connectivity index (χ0v) is 19.2. The van der Waals surface area contributed by atoms with Crippen LogP contribution in [0.1, 0.15) is 16.8 Å². The van der Waals surface area contributed by atoms with Crippen molar-refractivity contribution in [2.24, 2.45) is 0 Å². The molecule has 1 aliphatic rings. The number of ether oxygens (including phenoxy) is 1. The monoisotopic (exact) mass is 468 g/mol. The van der Waals surface area contributed by atoms with Crippen LogP contribution >= 0.6 is 0 Å². The van der Waals surface area contributed by atoms with Gasteiger partial charge in [0.2, 0.25) is 0 Å². The normalized spacial score (nSPS) is 14.0. The highest BCUT2D eigenvalue weighted by atomic mass is 19.1. The van der Waals surface area contributed by atoms with Crippen molar-refractivity contribution in [1.82, 2.24) is 10.1 Å². The van der Waals surface area contributed by atoms with Crippen molar-refractivity contribution in [3.8, 4) is 23.1 Å². The molecule has 0 saturated carbocycles. The quantitative estimate of drug-likeness (QED) is 0.369. The summed E-state index contributed by atoms with van der Waals surface area (Å²) in [5.41, 5.74) is 4.46. The SMILES string of the molecule is N#Cc1cccc(COc2ccc(-c3cc(CN4CCN(c5ccc(F)cc5)CC4)no3)cc2)c1. The third kappa shape index (κ3) is 5.68. The van der Waals surface area contributed by atoms with Crippen LogP contribution in [0.5, 0.6) is 5.75 Å². The van der Waals surface area contributed by atoms with E-state index in [0.29, 0.717) is 12.2 Å². The molecule has 0 unspecified atom stereocenters. The van der Waals surface area contributed by atoms with Gasteiger partial charge in [-0.1, -0.05) is 17.3 Å². The second kappa shape index (κ2) is 10.4. The predicted molar refractivity (Wildman–Crippen MR) is 131 cm³/mol. The Kier molecular flexibility index (Phi) is 6.73. The fourth-order valence-corrected chi connectivity index (χ4v) is 4.18. The van der Waals surface area contributed by atoms with E-state index in [4.69, 9.17) is 14.5 Å². The summed E-state index contributed by atoms with van der Waals surface area (Å²) in [4.78, 5) is 4.62. The average Bonchev–Trinajstić information content (AvgIpc) is 3.37. The smallest absolute Gasteiger partial charge is 0.167 e. The van der Waals surface area contributed by atoms with Crippen LogP contribution in [0, 0.1) is 17.1 Å². The van der Waals surface area contributed by atoms with Gasteiger partial charge >= 0.3 is 0 Å². The molecule has 0 spiro atoms. The molecular formula is C28H25FN4O2. The van der Waals surface area contributed by atoms with Gasteiger partial charge in [0.1, 0.15) is 18.2 Å². The maximum Gasteiger partial charge on any atom is 0.167 e. The molecule has 0 aliphatic carbocycles. The van der Waals surface area contributed by atoms with Crippen molar-refractivity contribution in [2.75, 3.05) is 31.1 Å². The van der Waals surface area contributed by atoms with Gasteiger partial charge in [-0.25, -0.2) is 4.39 Å². The lowest BCUT2D eigenvalue weighted by molar-refractivity contribution is 0.242. The summed E-state index contributed by atoms with van der Waals surface area (Å²) in [5, 5.41) is 13.3. The Morgan fingerprint density at radius 1 is 0.943 bits per heavy atom. The average molecular weight is 469 g/mol. The first-order chi connectivity index (χ1) is 17.2. The highest BCUT2D eigenvalue weighted by Gasteiger charge is 2.19. The molecule has 1 saturated heterocycles. The van der Waals surface area contributed by atoms with Gasteiger partial charge in [-0.3, -0.25) is 4.90 Å². The van der Waals surface area contributed by atoms with Crippen LogP contribution in [-0.4, -0.2) is 36.2 Å². The molecule has 176 valence electrons. The van der Waals surface area contributed by atoms with Crippen LogP contribution in [0.3, 0.4) is 0 Å². The van der Waals surface area contributed by atoms with Gasteiger partial charge < -0.3 is 14.2 Å². The summed E-state index contributed by atoms with van der Waals surface area (Å²) in [6.07, 6.45) is 0. The van der Waals surface area contributed by atoms with Gasteiger partial charge in [0.15, 0.2) is 5.76 Å². The lowest BCUT2D eigenvalue weighted by Crippen LogP contribution is -2.46. The molecular weight excluding hydrogens is 443 g/mol.